The van der Waals surface area contributed by atoms with Crippen molar-refractivity contribution in [1.82, 2.24) is 19.2 Å². The van der Waals surface area contributed by atoms with E-state index < -0.39 is 6.04 Å². The summed E-state index contributed by atoms with van der Waals surface area (Å²) in [6, 6.07) is 26.4. The maximum Gasteiger partial charge on any atom is 0.322 e. The van der Waals surface area contributed by atoms with Crippen LogP contribution < -0.4 is 5.32 Å². The molecule has 1 aliphatic heterocycles. The van der Waals surface area contributed by atoms with Crippen molar-refractivity contribution in [3.05, 3.63) is 131 Å². The molecule has 1 atom stereocenters. The highest BCUT2D eigenvalue weighted by Gasteiger charge is 2.36. The summed E-state index contributed by atoms with van der Waals surface area (Å²) in [5, 5.41) is 8.55. The highest BCUT2D eigenvalue weighted by Crippen LogP contribution is 2.39. The molecule has 5 aromatic rings. The van der Waals surface area contributed by atoms with Gasteiger partial charge in [0.05, 0.1) is 29.7 Å². The summed E-state index contributed by atoms with van der Waals surface area (Å²) in [6.45, 7) is 2.34. The Morgan fingerprint density at radius 3 is 2.55 bits per heavy atom. The molecule has 2 amide bonds. The summed E-state index contributed by atoms with van der Waals surface area (Å²) < 4.78 is 18.5. The fourth-order valence-electron chi connectivity index (χ4n) is 5.10. The molecule has 8 heteroatoms. The summed E-state index contributed by atoms with van der Waals surface area (Å²) >= 11 is 6.05. The van der Waals surface area contributed by atoms with Crippen molar-refractivity contribution in [2.45, 2.75) is 25.9 Å². The van der Waals surface area contributed by atoms with Gasteiger partial charge in [0.2, 0.25) is 0 Å². The van der Waals surface area contributed by atoms with Gasteiger partial charge in [0.15, 0.2) is 0 Å². The van der Waals surface area contributed by atoms with E-state index in [2.05, 4.69) is 16.8 Å². The molecule has 38 heavy (non-hydrogen) atoms. The number of hydrogen-bond acceptors (Lipinski definition) is 2. The zero-order chi connectivity index (χ0) is 26.2. The molecule has 0 fully saturated rings. The Morgan fingerprint density at radius 1 is 1.03 bits per heavy atom. The van der Waals surface area contributed by atoms with Crippen molar-refractivity contribution >= 4 is 23.3 Å². The van der Waals surface area contributed by atoms with Crippen LogP contribution in [0.25, 0.3) is 11.5 Å². The summed E-state index contributed by atoms with van der Waals surface area (Å²) in [5.74, 6) is 0.515. The number of nitrogens with zero attached hydrogens (tertiary/aromatic N) is 4. The van der Waals surface area contributed by atoms with Gasteiger partial charge in [-0.3, -0.25) is 0 Å². The SMILES string of the molecule is CCc1nn(-c2ccccc2)c2c1CN(C(=O)Nc1ccc(Cl)cc1)[C@H](c1cccc(F)c1)c1cccn1-2. The number of aromatic nitrogens is 3. The van der Waals surface area contributed by atoms with Gasteiger partial charge < -0.3 is 14.8 Å². The van der Waals surface area contributed by atoms with Gasteiger partial charge in [0, 0.05) is 22.5 Å². The van der Waals surface area contributed by atoms with Crippen LogP contribution in [-0.4, -0.2) is 25.3 Å². The van der Waals surface area contributed by atoms with Crippen LogP contribution in [-0.2, 0) is 13.0 Å². The molecule has 3 aromatic carbocycles. The lowest BCUT2D eigenvalue weighted by atomic mass is 10.0. The van der Waals surface area contributed by atoms with Crippen molar-refractivity contribution in [3.63, 3.8) is 0 Å². The van der Waals surface area contributed by atoms with Crippen LogP contribution in [0.1, 0.15) is 35.5 Å². The highest BCUT2D eigenvalue weighted by molar-refractivity contribution is 6.30. The van der Waals surface area contributed by atoms with Gasteiger partial charge >= 0.3 is 6.03 Å². The first-order valence-electron chi connectivity index (χ1n) is 12.5. The summed E-state index contributed by atoms with van der Waals surface area (Å²) in [6.07, 6.45) is 2.66. The zero-order valence-corrected chi connectivity index (χ0v) is 21.4. The van der Waals surface area contributed by atoms with Gasteiger partial charge in [-0.25, -0.2) is 13.9 Å². The van der Waals surface area contributed by atoms with Crippen LogP contribution in [0, 0.1) is 5.82 Å². The predicted molar refractivity (Wildman–Crippen MR) is 147 cm³/mol. The smallest absolute Gasteiger partial charge is 0.308 e. The Bertz CT molecular complexity index is 1610. The van der Waals surface area contributed by atoms with Gasteiger partial charge in [0.25, 0.3) is 0 Å². The maximum absolute atomic E-state index is 14.5. The Labute approximate surface area is 224 Å². The van der Waals surface area contributed by atoms with Crippen LogP contribution >= 0.6 is 11.6 Å². The minimum Gasteiger partial charge on any atom is -0.308 e. The molecule has 0 aliphatic carbocycles. The fraction of sp³-hybridized carbons (Fsp3) is 0.133. The molecule has 1 aliphatic rings. The molecule has 0 saturated heterocycles. The number of hydrogen-bond donors (Lipinski definition) is 1. The summed E-state index contributed by atoms with van der Waals surface area (Å²) in [7, 11) is 0. The average Bonchev–Trinajstić information content (AvgIpc) is 3.51. The Balaban J connectivity index is 1.55. The third-order valence-electron chi connectivity index (χ3n) is 6.82. The second-order valence-corrected chi connectivity index (χ2v) is 9.61. The molecular formula is C30H25ClFN5O. The normalized spacial score (nSPS) is 14.5. The number of anilines is 1. The molecule has 2 aromatic heterocycles. The van der Waals surface area contributed by atoms with E-state index in [-0.39, 0.29) is 18.4 Å². The Hall–Kier alpha value is -4.36. The second-order valence-electron chi connectivity index (χ2n) is 9.18. The molecule has 1 N–H and O–H groups in total. The lowest BCUT2D eigenvalue weighted by molar-refractivity contribution is 0.194. The number of carbonyl (C=O) groups excluding carboxylic acids is 1. The van der Waals surface area contributed by atoms with E-state index in [1.54, 1.807) is 35.2 Å². The van der Waals surface area contributed by atoms with Crippen LogP contribution in [0.4, 0.5) is 14.9 Å². The Kier molecular flexibility index (Phi) is 6.21. The molecule has 0 radical (unpaired) electrons. The number of aryl methyl sites for hydroxylation is 1. The number of rotatable bonds is 4. The van der Waals surface area contributed by atoms with E-state index in [0.717, 1.165) is 28.5 Å². The van der Waals surface area contributed by atoms with E-state index in [1.807, 2.05) is 59.4 Å². The third kappa shape index (κ3) is 4.25. The van der Waals surface area contributed by atoms with Gasteiger partial charge in [-0.2, -0.15) is 5.10 Å². The average molecular weight is 526 g/mol. The lowest BCUT2D eigenvalue weighted by Crippen LogP contribution is -2.38. The predicted octanol–water partition coefficient (Wildman–Crippen LogP) is 7.16. The number of halogens is 2. The van der Waals surface area contributed by atoms with Crippen LogP contribution in [0.3, 0.4) is 0 Å². The monoisotopic (exact) mass is 525 g/mol. The molecule has 3 heterocycles. The molecule has 6 nitrogen and oxygen atoms in total. The highest BCUT2D eigenvalue weighted by atomic mass is 35.5. The summed E-state index contributed by atoms with van der Waals surface area (Å²) in [4.78, 5) is 15.7. The van der Waals surface area contributed by atoms with Crippen molar-refractivity contribution in [2.24, 2.45) is 0 Å². The summed E-state index contributed by atoms with van der Waals surface area (Å²) in [5.41, 5.74) is 4.89. The molecule has 0 saturated carbocycles. The third-order valence-corrected chi connectivity index (χ3v) is 7.08. The second kappa shape index (κ2) is 9.84. The van der Waals surface area contributed by atoms with Gasteiger partial charge in [-0.1, -0.05) is 48.9 Å². The first kappa shape index (κ1) is 24.0. The Morgan fingerprint density at radius 2 is 1.82 bits per heavy atom. The number of benzene rings is 3. The number of carbonyl (C=O) groups is 1. The minimum absolute atomic E-state index is 0.285. The van der Waals surface area contributed by atoms with Gasteiger partial charge in [0.1, 0.15) is 11.6 Å². The first-order valence-corrected chi connectivity index (χ1v) is 12.8. The quantitative estimate of drug-likeness (QED) is 0.271. The zero-order valence-electron chi connectivity index (χ0n) is 20.7. The number of nitrogens with one attached hydrogen (secondary N) is 1. The van der Waals surface area contributed by atoms with Crippen LogP contribution in [0.15, 0.2) is 97.2 Å². The largest absolute Gasteiger partial charge is 0.322 e. The lowest BCUT2D eigenvalue weighted by Gasteiger charge is -2.31. The minimum atomic E-state index is -0.547. The van der Waals surface area contributed by atoms with Crippen molar-refractivity contribution < 1.29 is 9.18 Å². The van der Waals surface area contributed by atoms with Gasteiger partial charge in [-0.05, 0) is 72.6 Å². The molecular weight excluding hydrogens is 501 g/mol. The van der Waals surface area contributed by atoms with E-state index in [1.165, 1.54) is 12.1 Å². The van der Waals surface area contributed by atoms with Crippen LogP contribution in [0.2, 0.25) is 5.02 Å². The fourth-order valence-corrected chi connectivity index (χ4v) is 5.23. The number of fused-ring (bicyclic) bond motifs is 3. The van der Waals surface area contributed by atoms with Crippen LogP contribution in [0.5, 0.6) is 0 Å². The van der Waals surface area contributed by atoms with Gasteiger partial charge in [-0.15, -0.1) is 0 Å². The standard InChI is InChI=1S/C30H25ClFN5O/c1-2-26-25-19-36(30(38)33-23-15-13-21(31)14-16-23)28(20-8-6-9-22(32)18-20)27-12-7-17-35(27)29(25)37(34-26)24-10-4-3-5-11-24/h3-18,28H,2,19H2,1H3,(H,33,38)/t28-/m1/s1. The molecule has 0 spiro atoms. The van der Waals surface area contributed by atoms with Crippen molar-refractivity contribution in [2.75, 3.05) is 5.32 Å². The first-order chi connectivity index (χ1) is 18.5. The van der Waals surface area contributed by atoms with E-state index in [9.17, 15) is 9.18 Å². The molecule has 0 unspecified atom stereocenters. The number of para-hydroxylation sites is 1. The number of urea groups is 1. The van der Waals surface area contributed by atoms with E-state index in [4.69, 9.17) is 16.7 Å². The van der Waals surface area contributed by atoms with Crippen molar-refractivity contribution in [3.8, 4) is 11.5 Å². The molecule has 0 bridgehead atoms. The molecule has 190 valence electrons. The maximum atomic E-state index is 14.5. The molecule has 6 rings (SSSR count). The topological polar surface area (TPSA) is 55.1 Å². The number of amides is 2. The van der Waals surface area contributed by atoms with Crippen molar-refractivity contribution in [1.29, 1.82) is 0 Å². The van der Waals surface area contributed by atoms with E-state index in [0.29, 0.717) is 22.7 Å². The van der Waals surface area contributed by atoms with E-state index >= 15 is 0 Å².